The molecule has 5 heterocycles. The first-order chi connectivity index (χ1) is 44.4. The van der Waals surface area contributed by atoms with Crippen molar-refractivity contribution < 1.29 is 4.74 Å². The second kappa shape index (κ2) is 20.5. The van der Waals surface area contributed by atoms with E-state index in [1.807, 2.05) is 0 Å². The largest absolute Gasteiger partial charge is 0.459 e. The zero-order valence-electron chi connectivity index (χ0n) is 50.2. The number of hydrogen-bond acceptors (Lipinski definition) is 6. The van der Waals surface area contributed by atoms with Gasteiger partial charge in [-0.3, -0.25) is 0 Å². The number of anilines is 15. The first kappa shape index (κ1) is 52.0. The van der Waals surface area contributed by atoms with Gasteiger partial charge in [0.1, 0.15) is 11.5 Å². The maximum Gasteiger partial charge on any atom is 0.256 e. The molecule has 5 aliphatic heterocycles. The molecule has 90 heavy (non-hydrogen) atoms. The van der Waals surface area contributed by atoms with Crippen LogP contribution in [0.2, 0.25) is 0 Å². The van der Waals surface area contributed by atoms with Crippen LogP contribution in [-0.4, -0.2) is 20.1 Å². The first-order valence-electron chi connectivity index (χ1n) is 31.3. The number of hydrogen-bond donors (Lipinski definition) is 0. The number of rotatable bonds is 8. The number of para-hydroxylation sites is 9. The van der Waals surface area contributed by atoms with Gasteiger partial charge in [-0.25, -0.2) is 0 Å². The molecule has 0 unspecified atom stereocenters. The number of nitrogens with zero attached hydrogens (tertiary/aromatic N) is 5. The lowest BCUT2D eigenvalue weighted by Gasteiger charge is -2.47. The van der Waals surface area contributed by atoms with Crippen molar-refractivity contribution in [3.8, 4) is 11.5 Å². The second-order valence-corrected chi connectivity index (χ2v) is 24.5. The molecule has 0 fully saturated rings. The SMILES string of the molecule is Cc1cc(C)c(B2c3ccccc3N(c3ccccc3)c3cc4c5c(c32)Oc2ccccc2B5c2cc3c(cc2N4c2ccccc2)N(c2ccccc2)c2cc(N(c4ccccc4)c4ccccc4)cc4c2B3c2ccccc2N4c2ccccc2)c(C)c1. The van der Waals surface area contributed by atoms with E-state index in [0.717, 1.165) is 102 Å². The van der Waals surface area contributed by atoms with Gasteiger partial charge in [0, 0.05) is 79.6 Å². The summed E-state index contributed by atoms with van der Waals surface area (Å²) in [7, 11) is 0. The Hall–Kier alpha value is -11.1. The second-order valence-electron chi connectivity index (χ2n) is 24.5. The fourth-order valence-corrected chi connectivity index (χ4v) is 16.0. The molecule has 0 aromatic heterocycles. The van der Waals surface area contributed by atoms with Gasteiger partial charge in [-0.1, -0.05) is 204 Å². The summed E-state index contributed by atoms with van der Waals surface area (Å²) in [6, 6.07) is 110. The molecule has 0 spiro atoms. The van der Waals surface area contributed by atoms with Crippen LogP contribution < -0.4 is 78.4 Å². The zero-order chi connectivity index (χ0) is 59.7. The number of ether oxygens (including phenoxy) is 1. The van der Waals surface area contributed by atoms with Gasteiger partial charge in [-0.05, 0) is 180 Å². The highest BCUT2D eigenvalue weighted by atomic mass is 16.5. The zero-order valence-corrected chi connectivity index (χ0v) is 50.2. The van der Waals surface area contributed by atoms with Gasteiger partial charge in [0.2, 0.25) is 0 Å². The van der Waals surface area contributed by atoms with E-state index in [2.05, 4.69) is 343 Å². The Labute approximate surface area is 527 Å². The van der Waals surface area contributed by atoms with Crippen molar-refractivity contribution in [3.63, 3.8) is 0 Å². The van der Waals surface area contributed by atoms with Crippen LogP contribution in [0, 0.1) is 20.8 Å². The van der Waals surface area contributed by atoms with Gasteiger partial charge in [0.15, 0.2) is 0 Å². The molecular weight excluding hydrogens is 1090 g/mol. The van der Waals surface area contributed by atoms with E-state index in [-0.39, 0.29) is 20.1 Å². The molecule has 0 atom stereocenters. The van der Waals surface area contributed by atoms with Gasteiger partial charge in [0.25, 0.3) is 20.1 Å². The molecule has 0 aliphatic carbocycles. The van der Waals surface area contributed by atoms with E-state index in [1.54, 1.807) is 0 Å². The van der Waals surface area contributed by atoms with Gasteiger partial charge in [0.05, 0.1) is 5.69 Å². The summed E-state index contributed by atoms with van der Waals surface area (Å²) in [5.74, 6) is 1.80. The quantitative estimate of drug-likeness (QED) is 0.141. The smallest absolute Gasteiger partial charge is 0.256 e. The molecule has 13 aromatic rings. The number of benzene rings is 13. The van der Waals surface area contributed by atoms with Crippen molar-refractivity contribution >= 4 is 155 Å². The summed E-state index contributed by atoms with van der Waals surface area (Å²) in [4.78, 5) is 12.6. The Bertz CT molecular complexity index is 4950. The molecule has 5 aliphatic rings. The van der Waals surface area contributed by atoms with Crippen LogP contribution in [-0.2, 0) is 0 Å². The van der Waals surface area contributed by atoms with Crippen LogP contribution in [0.5, 0.6) is 11.5 Å². The molecule has 0 saturated carbocycles. The third-order valence-electron chi connectivity index (χ3n) is 19.3. The highest BCUT2D eigenvalue weighted by Crippen LogP contribution is 2.51. The lowest BCUT2D eigenvalue weighted by molar-refractivity contribution is 0.491. The predicted octanol–water partition coefficient (Wildman–Crippen LogP) is 14.9. The summed E-state index contributed by atoms with van der Waals surface area (Å²) < 4.78 is 7.80. The molecule has 0 saturated heterocycles. The normalized spacial score (nSPS) is 13.4. The van der Waals surface area contributed by atoms with Crippen LogP contribution in [0.1, 0.15) is 16.7 Å². The van der Waals surface area contributed by atoms with Gasteiger partial charge in [-0.15, -0.1) is 0 Å². The van der Waals surface area contributed by atoms with Gasteiger partial charge in [-0.2, -0.15) is 0 Å². The Balaban J connectivity index is 0.970. The van der Waals surface area contributed by atoms with E-state index in [1.165, 1.54) is 60.4 Å². The summed E-state index contributed by atoms with van der Waals surface area (Å²) in [6.45, 7) is 6.29. The van der Waals surface area contributed by atoms with Gasteiger partial charge < -0.3 is 29.2 Å². The van der Waals surface area contributed by atoms with E-state index >= 15 is 0 Å². The topological polar surface area (TPSA) is 25.4 Å². The molecule has 9 heteroatoms. The highest BCUT2D eigenvalue weighted by Gasteiger charge is 2.51. The molecule has 13 aromatic carbocycles. The fraction of sp³-hybridized carbons (Fsp3) is 0.0370. The molecular formula is C81H58B3N5O. The van der Waals surface area contributed by atoms with Gasteiger partial charge >= 0.3 is 0 Å². The Morgan fingerprint density at radius 1 is 0.267 bits per heavy atom. The molecule has 0 bridgehead atoms. The fourth-order valence-electron chi connectivity index (χ4n) is 16.0. The maximum absolute atomic E-state index is 7.80. The summed E-state index contributed by atoms with van der Waals surface area (Å²) in [6.07, 6.45) is 0. The molecule has 0 amide bonds. The highest BCUT2D eigenvalue weighted by molar-refractivity contribution is 7.04. The summed E-state index contributed by atoms with van der Waals surface area (Å²) >= 11 is 0. The lowest BCUT2D eigenvalue weighted by atomic mass is 9.29. The van der Waals surface area contributed by atoms with Crippen LogP contribution in [0.3, 0.4) is 0 Å². The molecule has 0 N–H and O–H groups in total. The molecule has 6 nitrogen and oxygen atoms in total. The number of aryl methyl sites for hydroxylation is 3. The summed E-state index contributed by atoms with van der Waals surface area (Å²) in [5, 5.41) is 0. The Kier molecular flexibility index (Phi) is 11.8. The van der Waals surface area contributed by atoms with E-state index in [4.69, 9.17) is 4.74 Å². The summed E-state index contributed by atoms with van der Waals surface area (Å²) in [5.41, 5.74) is 31.4. The minimum Gasteiger partial charge on any atom is -0.459 e. The average Bonchev–Trinajstić information content (AvgIpc) is 0.687. The standard InChI is InChI=1S/C81H58B3N5O/c1-53-46-54(2)77(55(3)47-53)84-64-41-23-26-44-69(64)87(59-34-16-7-17-35-59)75-52-74-79-81(80(75)84)90-76-45-27-24-42-65(76)83(79)67-50-66-70(51-71(67)89(74)61-38-20-9-21-39-61)88(60-36-18-8-19-37-60)73-49-62(85(56-28-10-4-11-29-56)57-30-12-5-13-31-57)48-72-78(73)82(66)63-40-22-25-43-68(63)86(72)58-32-14-6-15-33-58/h4-52H,1-3H3. The van der Waals surface area contributed by atoms with Crippen molar-refractivity contribution in [2.75, 3.05) is 24.5 Å². The Morgan fingerprint density at radius 2 is 0.622 bits per heavy atom. The van der Waals surface area contributed by atoms with Crippen molar-refractivity contribution in [3.05, 3.63) is 314 Å². The van der Waals surface area contributed by atoms with E-state index < -0.39 is 0 Å². The third kappa shape index (κ3) is 7.82. The van der Waals surface area contributed by atoms with Crippen LogP contribution >= 0.6 is 0 Å². The Morgan fingerprint density at radius 3 is 1.10 bits per heavy atom. The monoisotopic (exact) mass is 1150 g/mol. The van der Waals surface area contributed by atoms with Crippen molar-refractivity contribution in [1.82, 2.24) is 0 Å². The van der Waals surface area contributed by atoms with E-state index in [0.29, 0.717) is 0 Å². The lowest BCUT2D eigenvalue weighted by Crippen LogP contribution is -2.66. The average molecular weight is 1150 g/mol. The minimum absolute atomic E-state index is 0.150. The number of fused-ring (bicyclic) bond motifs is 11. The van der Waals surface area contributed by atoms with Crippen molar-refractivity contribution in [2.24, 2.45) is 0 Å². The molecule has 422 valence electrons. The maximum atomic E-state index is 7.80. The van der Waals surface area contributed by atoms with Crippen LogP contribution in [0.15, 0.2) is 297 Å². The van der Waals surface area contributed by atoms with Crippen molar-refractivity contribution in [1.29, 1.82) is 0 Å². The molecule has 18 rings (SSSR count). The third-order valence-corrected chi connectivity index (χ3v) is 19.3. The molecule has 0 radical (unpaired) electrons. The predicted molar refractivity (Wildman–Crippen MR) is 381 cm³/mol. The van der Waals surface area contributed by atoms with Crippen LogP contribution in [0.25, 0.3) is 0 Å². The van der Waals surface area contributed by atoms with Crippen LogP contribution in [0.4, 0.5) is 85.3 Å². The van der Waals surface area contributed by atoms with Crippen molar-refractivity contribution in [2.45, 2.75) is 20.8 Å². The first-order valence-corrected chi connectivity index (χ1v) is 31.3. The minimum atomic E-state index is -0.216. The van der Waals surface area contributed by atoms with E-state index in [9.17, 15) is 0 Å².